The summed E-state index contributed by atoms with van der Waals surface area (Å²) in [5.41, 5.74) is -0.146. The van der Waals surface area contributed by atoms with Gasteiger partial charge in [0.2, 0.25) is 11.8 Å². The van der Waals surface area contributed by atoms with Crippen molar-refractivity contribution in [1.29, 1.82) is 0 Å². The molecule has 0 aliphatic carbocycles. The Balaban J connectivity index is 2.00. The fourth-order valence-corrected chi connectivity index (χ4v) is 3.13. The van der Waals surface area contributed by atoms with Crippen molar-refractivity contribution in [2.45, 2.75) is 32.7 Å². The van der Waals surface area contributed by atoms with Crippen LogP contribution in [0.1, 0.15) is 27.2 Å². The van der Waals surface area contributed by atoms with Crippen LogP contribution in [0.2, 0.25) is 0 Å². The predicted octanol–water partition coefficient (Wildman–Crippen LogP) is 0.438. The number of carbonyl (C=O) groups is 2. The molecule has 2 saturated heterocycles. The Morgan fingerprint density at radius 1 is 1.38 bits per heavy atom. The van der Waals surface area contributed by atoms with Gasteiger partial charge in [-0.1, -0.05) is 6.92 Å². The number of amides is 2. The van der Waals surface area contributed by atoms with Crippen LogP contribution in [0.15, 0.2) is 4.99 Å². The van der Waals surface area contributed by atoms with Crippen LogP contribution >= 0.6 is 12.2 Å². The van der Waals surface area contributed by atoms with Crippen LogP contribution in [-0.4, -0.2) is 77.9 Å². The summed E-state index contributed by atoms with van der Waals surface area (Å²) in [6.45, 7) is 10.4. The van der Waals surface area contributed by atoms with E-state index in [2.05, 4.69) is 29.1 Å². The SMILES string of the molecule is CCCN1C(=O)[C@H](C=NCC(C)(C)N2CCOCC2)C(=O)NC1=S. The van der Waals surface area contributed by atoms with Gasteiger partial charge in [0.25, 0.3) is 0 Å². The number of carbonyl (C=O) groups excluding carboxylic acids is 2. The molecule has 2 aliphatic rings. The first-order chi connectivity index (χ1) is 11.4. The van der Waals surface area contributed by atoms with Crippen LogP contribution in [0.25, 0.3) is 0 Å². The average molecular weight is 354 g/mol. The maximum Gasteiger partial charge on any atom is 0.246 e. The first-order valence-electron chi connectivity index (χ1n) is 8.35. The van der Waals surface area contributed by atoms with Gasteiger partial charge in [0.05, 0.1) is 19.8 Å². The molecule has 134 valence electrons. The van der Waals surface area contributed by atoms with Crippen LogP contribution in [0, 0.1) is 5.92 Å². The van der Waals surface area contributed by atoms with E-state index in [4.69, 9.17) is 17.0 Å². The molecule has 0 aromatic carbocycles. The van der Waals surface area contributed by atoms with E-state index in [9.17, 15) is 9.59 Å². The lowest BCUT2D eigenvalue weighted by atomic mass is 10.0. The summed E-state index contributed by atoms with van der Waals surface area (Å²) >= 11 is 5.07. The predicted molar refractivity (Wildman–Crippen MR) is 96.1 cm³/mol. The molecule has 0 aromatic rings. The highest BCUT2D eigenvalue weighted by Crippen LogP contribution is 2.17. The Hall–Kier alpha value is -1.38. The van der Waals surface area contributed by atoms with E-state index in [0.29, 0.717) is 13.1 Å². The Kier molecular flexibility index (Phi) is 6.42. The number of nitrogens with zero attached hydrogens (tertiary/aromatic N) is 3. The summed E-state index contributed by atoms with van der Waals surface area (Å²) in [7, 11) is 0. The summed E-state index contributed by atoms with van der Waals surface area (Å²) in [6.07, 6.45) is 2.24. The van der Waals surface area contributed by atoms with Gasteiger partial charge in [0, 0.05) is 31.4 Å². The summed E-state index contributed by atoms with van der Waals surface area (Å²) in [6, 6.07) is 0. The number of hydrogen-bond acceptors (Lipinski definition) is 6. The lowest BCUT2D eigenvalue weighted by molar-refractivity contribution is -0.137. The zero-order valence-electron chi connectivity index (χ0n) is 14.6. The standard InChI is InChI=1S/C16H26N4O3S/c1-4-5-20-14(22)12(13(21)18-15(20)24)10-17-11-16(2,3)19-6-8-23-9-7-19/h10,12H,4-9,11H2,1-3H3,(H,18,21,24)/t12-/m1/s1. The summed E-state index contributed by atoms with van der Waals surface area (Å²) < 4.78 is 5.37. The van der Waals surface area contributed by atoms with Crippen molar-refractivity contribution in [2.24, 2.45) is 10.9 Å². The number of nitrogens with one attached hydrogen (secondary N) is 1. The Morgan fingerprint density at radius 3 is 2.67 bits per heavy atom. The van der Waals surface area contributed by atoms with E-state index in [1.54, 1.807) is 0 Å². The normalized spacial score (nSPS) is 23.9. The molecule has 0 spiro atoms. The molecule has 0 bridgehead atoms. The third kappa shape index (κ3) is 4.37. The number of thiocarbonyl (C=S) groups is 1. The van der Waals surface area contributed by atoms with Crippen LogP contribution in [0.4, 0.5) is 0 Å². The smallest absolute Gasteiger partial charge is 0.246 e. The molecular weight excluding hydrogens is 328 g/mol. The van der Waals surface area contributed by atoms with E-state index >= 15 is 0 Å². The lowest BCUT2D eigenvalue weighted by Crippen LogP contribution is -2.58. The van der Waals surface area contributed by atoms with Crippen molar-refractivity contribution in [1.82, 2.24) is 15.1 Å². The second-order valence-corrected chi connectivity index (χ2v) is 7.05. The van der Waals surface area contributed by atoms with Crippen LogP contribution in [0.3, 0.4) is 0 Å². The molecule has 0 unspecified atom stereocenters. The Bertz CT molecular complexity index is 529. The fourth-order valence-electron chi connectivity index (χ4n) is 2.85. The molecule has 7 nitrogen and oxygen atoms in total. The molecule has 0 radical (unpaired) electrons. The minimum absolute atomic E-state index is 0.146. The lowest BCUT2D eigenvalue weighted by Gasteiger charge is -2.39. The summed E-state index contributed by atoms with van der Waals surface area (Å²) in [4.78, 5) is 32.7. The van der Waals surface area contributed by atoms with E-state index in [-0.39, 0.29) is 16.6 Å². The molecule has 2 aliphatic heterocycles. The van der Waals surface area contributed by atoms with Crippen molar-refractivity contribution < 1.29 is 14.3 Å². The van der Waals surface area contributed by atoms with Crippen LogP contribution in [-0.2, 0) is 14.3 Å². The van der Waals surface area contributed by atoms with E-state index in [1.807, 2.05) is 6.92 Å². The van der Waals surface area contributed by atoms with Crippen LogP contribution < -0.4 is 5.32 Å². The zero-order valence-corrected chi connectivity index (χ0v) is 15.4. The monoisotopic (exact) mass is 354 g/mol. The first-order valence-corrected chi connectivity index (χ1v) is 8.76. The van der Waals surface area contributed by atoms with E-state index in [1.165, 1.54) is 11.1 Å². The molecule has 2 amide bonds. The molecule has 0 saturated carbocycles. The van der Waals surface area contributed by atoms with Crippen molar-refractivity contribution in [2.75, 3.05) is 39.4 Å². The van der Waals surface area contributed by atoms with Gasteiger partial charge in [0.1, 0.15) is 0 Å². The third-order valence-electron chi connectivity index (χ3n) is 4.34. The third-order valence-corrected chi connectivity index (χ3v) is 4.66. The second kappa shape index (κ2) is 8.13. The second-order valence-electron chi connectivity index (χ2n) is 6.66. The van der Waals surface area contributed by atoms with Gasteiger partial charge in [-0.05, 0) is 32.5 Å². The van der Waals surface area contributed by atoms with Gasteiger partial charge in [-0.3, -0.25) is 24.4 Å². The van der Waals surface area contributed by atoms with E-state index < -0.39 is 11.8 Å². The van der Waals surface area contributed by atoms with Gasteiger partial charge >= 0.3 is 0 Å². The van der Waals surface area contributed by atoms with Crippen molar-refractivity contribution >= 4 is 35.4 Å². The highest BCUT2D eigenvalue weighted by Gasteiger charge is 2.37. The first kappa shape index (κ1) is 19.0. The molecule has 8 heteroatoms. The molecule has 1 atom stereocenters. The molecule has 0 aromatic heterocycles. The largest absolute Gasteiger partial charge is 0.379 e. The van der Waals surface area contributed by atoms with Crippen molar-refractivity contribution in [3.05, 3.63) is 0 Å². The molecule has 2 rings (SSSR count). The van der Waals surface area contributed by atoms with E-state index in [0.717, 1.165) is 32.7 Å². The van der Waals surface area contributed by atoms with Crippen LogP contribution in [0.5, 0.6) is 0 Å². The minimum atomic E-state index is -0.899. The van der Waals surface area contributed by atoms with Gasteiger partial charge in [-0.2, -0.15) is 0 Å². The number of hydrogen-bond donors (Lipinski definition) is 1. The fraction of sp³-hybridized carbons (Fsp3) is 0.750. The number of morpholine rings is 1. The summed E-state index contributed by atoms with van der Waals surface area (Å²) in [5, 5.41) is 2.77. The van der Waals surface area contributed by atoms with Gasteiger partial charge in [-0.25, -0.2) is 0 Å². The topological polar surface area (TPSA) is 74.2 Å². The Morgan fingerprint density at radius 2 is 2.04 bits per heavy atom. The minimum Gasteiger partial charge on any atom is -0.379 e. The summed E-state index contributed by atoms with van der Waals surface area (Å²) in [5.74, 6) is -1.59. The highest BCUT2D eigenvalue weighted by molar-refractivity contribution is 7.80. The molecule has 2 fully saturated rings. The van der Waals surface area contributed by atoms with Crippen molar-refractivity contribution in [3.63, 3.8) is 0 Å². The number of rotatable bonds is 6. The molecule has 24 heavy (non-hydrogen) atoms. The maximum absolute atomic E-state index is 12.5. The van der Waals surface area contributed by atoms with Crippen molar-refractivity contribution in [3.8, 4) is 0 Å². The van der Waals surface area contributed by atoms with Gasteiger partial charge in [-0.15, -0.1) is 0 Å². The number of ether oxygens (including phenoxy) is 1. The van der Waals surface area contributed by atoms with Gasteiger partial charge in [0.15, 0.2) is 11.0 Å². The number of aliphatic imine (C=N–C) groups is 1. The quantitative estimate of drug-likeness (QED) is 0.426. The molecule has 1 N–H and O–H groups in total. The Labute approximate surface area is 148 Å². The molecule has 2 heterocycles. The maximum atomic E-state index is 12.5. The average Bonchev–Trinajstić information content (AvgIpc) is 2.55. The molecular formula is C16H26N4O3S. The van der Waals surface area contributed by atoms with Gasteiger partial charge < -0.3 is 10.1 Å². The highest BCUT2D eigenvalue weighted by atomic mass is 32.1. The zero-order chi connectivity index (χ0) is 17.7.